The largest absolute Gasteiger partial charge is 0.408 e. The third kappa shape index (κ3) is 6.54. The van der Waals surface area contributed by atoms with E-state index in [1.807, 2.05) is 0 Å². The molecule has 0 fully saturated rings. The number of aliphatic hydroxyl groups is 1. The van der Waals surface area contributed by atoms with E-state index >= 15 is 0 Å². The normalized spacial score (nSPS) is 13.9. The van der Waals surface area contributed by atoms with Gasteiger partial charge < -0.3 is 14.9 Å². The van der Waals surface area contributed by atoms with E-state index < -0.39 is 48.4 Å². The fraction of sp³-hybridized carbons (Fsp3) is 0.241. The molecule has 43 heavy (non-hydrogen) atoms. The Bertz CT molecular complexity index is 1660. The number of aromatic nitrogens is 5. The van der Waals surface area contributed by atoms with Crippen LogP contribution in [0.5, 0.6) is 0 Å². The lowest BCUT2D eigenvalue weighted by atomic mass is 9.97. The van der Waals surface area contributed by atoms with Crippen molar-refractivity contribution in [3.8, 4) is 22.9 Å². The van der Waals surface area contributed by atoms with Gasteiger partial charge in [0.15, 0.2) is 17.5 Å². The van der Waals surface area contributed by atoms with Gasteiger partial charge in [0.1, 0.15) is 29.0 Å². The van der Waals surface area contributed by atoms with Crippen LogP contribution in [0.15, 0.2) is 83.7 Å². The molecule has 2 atom stereocenters. The van der Waals surface area contributed by atoms with Crippen LogP contribution in [0.1, 0.15) is 24.1 Å². The average molecular weight is 600 g/mol. The summed E-state index contributed by atoms with van der Waals surface area (Å²) >= 11 is 0. The first-order valence-corrected chi connectivity index (χ1v) is 13.1. The molecule has 3 heterocycles. The van der Waals surface area contributed by atoms with Gasteiger partial charge in [-0.25, -0.2) is 18.7 Å². The fourth-order valence-corrected chi connectivity index (χ4v) is 4.40. The molecule has 0 spiro atoms. The lowest BCUT2D eigenvalue weighted by Crippen LogP contribution is -2.60. The molecule has 0 aliphatic heterocycles. The highest BCUT2D eigenvalue weighted by molar-refractivity contribution is 5.63. The van der Waals surface area contributed by atoms with E-state index in [4.69, 9.17) is 4.52 Å². The number of hydrogen-bond acceptors (Lipinski definition) is 8. The molecule has 0 saturated heterocycles. The second kappa shape index (κ2) is 12.3. The summed E-state index contributed by atoms with van der Waals surface area (Å²) in [4.78, 5) is 8.08. The van der Waals surface area contributed by atoms with Gasteiger partial charge in [0.25, 0.3) is 0 Å². The van der Waals surface area contributed by atoms with Gasteiger partial charge in [-0.2, -0.15) is 18.3 Å². The topological polar surface area (TPSA) is 114 Å². The van der Waals surface area contributed by atoms with Crippen molar-refractivity contribution >= 4 is 5.82 Å². The highest BCUT2D eigenvalue weighted by Gasteiger charge is 2.52. The number of benzene rings is 2. The fourth-order valence-electron chi connectivity index (χ4n) is 4.40. The minimum Gasteiger partial charge on any atom is -0.394 e. The second-order valence-corrected chi connectivity index (χ2v) is 9.91. The number of aliphatic hydroxyl groups excluding tert-OH is 1. The number of hydrogen-bond donors (Lipinski definition) is 3. The Morgan fingerprint density at radius 3 is 2.40 bits per heavy atom. The van der Waals surface area contributed by atoms with Crippen LogP contribution >= 0.6 is 0 Å². The molecule has 5 aromatic rings. The quantitative estimate of drug-likeness (QED) is 0.174. The first kappa shape index (κ1) is 29.8. The number of rotatable bonds is 11. The van der Waals surface area contributed by atoms with Crippen LogP contribution in [-0.2, 0) is 6.54 Å². The molecule has 5 rings (SSSR count). The molecule has 0 radical (unpaired) electrons. The van der Waals surface area contributed by atoms with E-state index in [0.717, 1.165) is 13.1 Å². The zero-order valence-electron chi connectivity index (χ0n) is 22.7. The van der Waals surface area contributed by atoms with E-state index in [2.05, 4.69) is 30.9 Å². The van der Waals surface area contributed by atoms with Crippen molar-refractivity contribution in [1.82, 2.24) is 30.2 Å². The number of alkyl halides is 3. The SMILES string of the molecule is CC(CNc1nc(-c2cc(-c3ccon3)n(Cc3ccccc3F)n2)ncc1F)(N[C@@H](CO)c1ccccc1)C(F)(F)F. The van der Waals surface area contributed by atoms with E-state index in [0.29, 0.717) is 22.5 Å². The first-order valence-electron chi connectivity index (χ1n) is 13.1. The summed E-state index contributed by atoms with van der Waals surface area (Å²) in [5, 5.41) is 23.1. The summed E-state index contributed by atoms with van der Waals surface area (Å²) in [6.45, 7) is -0.533. The Balaban J connectivity index is 1.43. The van der Waals surface area contributed by atoms with Crippen molar-refractivity contribution < 1.29 is 31.6 Å². The average Bonchev–Trinajstić information content (AvgIpc) is 3.67. The third-order valence-electron chi connectivity index (χ3n) is 6.84. The van der Waals surface area contributed by atoms with E-state index in [-0.39, 0.29) is 18.1 Å². The van der Waals surface area contributed by atoms with Crippen LogP contribution in [0.4, 0.5) is 27.8 Å². The van der Waals surface area contributed by atoms with Gasteiger partial charge >= 0.3 is 6.18 Å². The Morgan fingerprint density at radius 1 is 0.977 bits per heavy atom. The van der Waals surface area contributed by atoms with Crippen molar-refractivity contribution in [2.45, 2.75) is 31.2 Å². The molecule has 3 N–H and O–H groups in total. The number of halogens is 5. The van der Waals surface area contributed by atoms with Crippen molar-refractivity contribution in [3.63, 3.8) is 0 Å². The van der Waals surface area contributed by atoms with Gasteiger partial charge in [-0.1, -0.05) is 53.7 Å². The zero-order valence-corrected chi connectivity index (χ0v) is 22.7. The predicted octanol–water partition coefficient (Wildman–Crippen LogP) is 5.38. The third-order valence-corrected chi connectivity index (χ3v) is 6.84. The molecule has 0 amide bonds. The number of nitrogens with zero attached hydrogens (tertiary/aromatic N) is 5. The van der Waals surface area contributed by atoms with Crippen LogP contribution in [0.3, 0.4) is 0 Å². The molecule has 1 unspecified atom stereocenters. The van der Waals surface area contributed by atoms with Gasteiger partial charge in [0.05, 0.1) is 31.1 Å². The monoisotopic (exact) mass is 599 g/mol. The maximum Gasteiger partial charge on any atom is 0.408 e. The Hall–Kier alpha value is -4.69. The van der Waals surface area contributed by atoms with Crippen LogP contribution in [-0.4, -0.2) is 54.9 Å². The lowest BCUT2D eigenvalue weighted by molar-refractivity contribution is -0.190. The van der Waals surface area contributed by atoms with Crippen LogP contribution in [0, 0.1) is 11.6 Å². The van der Waals surface area contributed by atoms with Gasteiger partial charge in [0, 0.05) is 18.2 Å². The molecule has 0 saturated carbocycles. The van der Waals surface area contributed by atoms with Gasteiger partial charge in [-0.15, -0.1) is 0 Å². The molecule has 0 bridgehead atoms. The summed E-state index contributed by atoms with van der Waals surface area (Å²) in [6, 6.07) is 16.3. The summed E-state index contributed by atoms with van der Waals surface area (Å²) < 4.78 is 78.4. The summed E-state index contributed by atoms with van der Waals surface area (Å²) in [5.74, 6) is -2.03. The van der Waals surface area contributed by atoms with E-state index in [1.165, 1.54) is 23.1 Å². The number of anilines is 1. The minimum absolute atomic E-state index is 0.00418. The van der Waals surface area contributed by atoms with Gasteiger partial charge in [-0.05, 0) is 24.6 Å². The van der Waals surface area contributed by atoms with Crippen molar-refractivity contribution in [1.29, 1.82) is 0 Å². The predicted molar refractivity (Wildman–Crippen MR) is 147 cm³/mol. The minimum atomic E-state index is -4.80. The molecule has 3 aromatic heterocycles. The molecule has 0 aliphatic carbocycles. The molecule has 9 nitrogen and oxygen atoms in total. The Kier molecular flexibility index (Phi) is 8.50. The summed E-state index contributed by atoms with van der Waals surface area (Å²) in [7, 11) is 0. The molecule has 2 aromatic carbocycles. The molecular weight excluding hydrogens is 573 g/mol. The first-order chi connectivity index (χ1) is 20.6. The van der Waals surface area contributed by atoms with Crippen molar-refractivity contribution in [3.05, 3.63) is 102 Å². The standard InChI is InChI=1S/C29H26F5N7O2/c1-28(29(32,33)34,38-24(16-42)18-7-3-2-4-8-18)17-36-26-21(31)14-35-27(37-26)23-13-25(22-11-12-43-40-22)41(39-23)15-19-9-5-6-10-20(19)30/h2-14,24,38,42H,15-17H2,1H3,(H,35,36,37)/t24-,28?/m0/s1. The van der Waals surface area contributed by atoms with Gasteiger partial charge in [0.2, 0.25) is 0 Å². The molecular formula is C29H26F5N7O2. The van der Waals surface area contributed by atoms with E-state index in [1.54, 1.807) is 54.6 Å². The molecule has 0 aliphatic rings. The molecule has 14 heteroatoms. The summed E-state index contributed by atoms with van der Waals surface area (Å²) in [6.07, 6.45) is -2.64. The van der Waals surface area contributed by atoms with Crippen LogP contribution in [0.2, 0.25) is 0 Å². The lowest BCUT2D eigenvalue weighted by Gasteiger charge is -2.36. The Labute approximate surface area is 242 Å². The maximum absolute atomic E-state index is 14.8. The highest BCUT2D eigenvalue weighted by atomic mass is 19.4. The number of nitrogens with one attached hydrogen (secondary N) is 2. The van der Waals surface area contributed by atoms with Crippen molar-refractivity contribution in [2.75, 3.05) is 18.5 Å². The van der Waals surface area contributed by atoms with Gasteiger partial charge in [-0.3, -0.25) is 10.00 Å². The smallest absolute Gasteiger partial charge is 0.394 e. The second-order valence-electron chi connectivity index (χ2n) is 9.91. The van der Waals surface area contributed by atoms with Crippen LogP contribution < -0.4 is 10.6 Å². The molecule has 224 valence electrons. The zero-order chi connectivity index (χ0) is 30.6. The van der Waals surface area contributed by atoms with Crippen LogP contribution in [0.25, 0.3) is 22.9 Å². The Morgan fingerprint density at radius 2 is 1.72 bits per heavy atom. The highest BCUT2D eigenvalue weighted by Crippen LogP contribution is 2.33. The summed E-state index contributed by atoms with van der Waals surface area (Å²) in [5.41, 5.74) is -0.892. The maximum atomic E-state index is 14.8. The van der Waals surface area contributed by atoms with Crippen molar-refractivity contribution in [2.24, 2.45) is 0 Å². The van der Waals surface area contributed by atoms with E-state index in [9.17, 15) is 27.1 Å².